The molecule has 0 bridgehead atoms. The Hall–Kier alpha value is -0.360. The number of rotatable bonds is 6. The molecule has 0 amide bonds. The fourth-order valence-electron chi connectivity index (χ4n) is 1.83. The average Bonchev–Trinajstić information content (AvgIpc) is 2.62. The van der Waals surface area contributed by atoms with Crippen LogP contribution in [0.15, 0.2) is 0 Å². The number of unbranched alkanes of at least 4 members (excludes halogenated alkanes) is 2. The van der Waals surface area contributed by atoms with Gasteiger partial charge in [0, 0.05) is 6.54 Å². The van der Waals surface area contributed by atoms with Crippen LogP contribution in [-0.4, -0.2) is 38.2 Å². The summed E-state index contributed by atoms with van der Waals surface area (Å²) in [5.74, 6) is 0.763. The Morgan fingerprint density at radius 1 is 1.47 bits per heavy atom. The van der Waals surface area contributed by atoms with Crippen molar-refractivity contribution in [2.75, 3.05) is 24.7 Å². The van der Waals surface area contributed by atoms with E-state index < -0.39 is 9.84 Å². The van der Waals surface area contributed by atoms with Crippen LogP contribution in [0.5, 0.6) is 0 Å². The summed E-state index contributed by atoms with van der Waals surface area (Å²) < 4.78 is 27.8. The predicted octanol–water partition coefficient (Wildman–Crippen LogP) is 1.50. The van der Waals surface area contributed by atoms with E-state index in [2.05, 4.69) is 12.2 Å². The van der Waals surface area contributed by atoms with Crippen LogP contribution < -0.4 is 5.32 Å². The summed E-state index contributed by atoms with van der Waals surface area (Å²) in [6.07, 6.45) is 4.04. The summed E-state index contributed by atoms with van der Waals surface area (Å²) in [6.45, 7) is 3.38. The second-order valence-electron chi connectivity index (χ2n) is 4.49. The number of thiocarbonyl (C=S) groups is 1. The van der Waals surface area contributed by atoms with E-state index in [9.17, 15) is 8.42 Å². The van der Waals surface area contributed by atoms with Gasteiger partial charge in [0.1, 0.15) is 0 Å². The first-order chi connectivity index (χ1) is 8.03. The quantitative estimate of drug-likeness (QED) is 0.590. The smallest absolute Gasteiger partial charge is 0.256 e. The van der Waals surface area contributed by atoms with Crippen molar-refractivity contribution in [1.29, 1.82) is 0 Å². The molecular formula is C11H21NO3S2. The lowest BCUT2D eigenvalue weighted by molar-refractivity contribution is 0.286. The minimum atomic E-state index is -2.79. The zero-order valence-electron chi connectivity index (χ0n) is 10.3. The Balaban J connectivity index is 2.08. The van der Waals surface area contributed by atoms with Crippen molar-refractivity contribution < 1.29 is 13.2 Å². The maximum atomic E-state index is 11.2. The Kier molecular flexibility index (Phi) is 6.19. The predicted molar refractivity (Wildman–Crippen MR) is 72.8 cm³/mol. The topological polar surface area (TPSA) is 55.4 Å². The average molecular weight is 279 g/mol. The lowest BCUT2D eigenvalue weighted by Gasteiger charge is -2.12. The van der Waals surface area contributed by atoms with Gasteiger partial charge in [-0.1, -0.05) is 19.8 Å². The highest BCUT2D eigenvalue weighted by atomic mass is 32.2. The summed E-state index contributed by atoms with van der Waals surface area (Å²) in [5, 5.41) is 3.38. The molecule has 1 saturated heterocycles. The van der Waals surface area contributed by atoms with Gasteiger partial charge in [-0.3, -0.25) is 0 Å². The minimum Gasteiger partial charge on any atom is -0.471 e. The molecule has 1 N–H and O–H groups in total. The van der Waals surface area contributed by atoms with Crippen LogP contribution in [0, 0.1) is 5.92 Å². The Labute approximate surface area is 109 Å². The molecule has 0 aromatic rings. The van der Waals surface area contributed by atoms with Crippen LogP contribution in [0.25, 0.3) is 0 Å². The van der Waals surface area contributed by atoms with Crippen LogP contribution in [0.4, 0.5) is 0 Å². The molecule has 1 rings (SSSR count). The molecule has 6 heteroatoms. The van der Waals surface area contributed by atoms with Crippen molar-refractivity contribution in [1.82, 2.24) is 5.32 Å². The van der Waals surface area contributed by atoms with Crippen molar-refractivity contribution in [3.05, 3.63) is 0 Å². The van der Waals surface area contributed by atoms with Crippen LogP contribution in [0.2, 0.25) is 0 Å². The number of nitrogens with one attached hydrogen (secondary N) is 1. The molecule has 0 aliphatic carbocycles. The Morgan fingerprint density at radius 3 is 2.82 bits per heavy atom. The van der Waals surface area contributed by atoms with E-state index in [1.54, 1.807) is 0 Å². The van der Waals surface area contributed by atoms with Gasteiger partial charge in [0.05, 0.1) is 18.1 Å². The summed E-state index contributed by atoms with van der Waals surface area (Å²) in [7, 11) is -2.79. The lowest BCUT2D eigenvalue weighted by atomic mass is 10.1. The van der Waals surface area contributed by atoms with Crippen molar-refractivity contribution >= 4 is 27.2 Å². The van der Waals surface area contributed by atoms with Gasteiger partial charge in [-0.2, -0.15) is 0 Å². The van der Waals surface area contributed by atoms with E-state index in [1.807, 2.05) is 0 Å². The molecule has 0 spiro atoms. The zero-order chi connectivity index (χ0) is 12.7. The van der Waals surface area contributed by atoms with Crippen LogP contribution in [0.1, 0.15) is 32.6 Å². The van der Waals surface area contributed by atoms with E-state index in [1.165, 1.54) is 0 Å². The highest BCUT2D eigenvalue weighted by Gasteiger charge is 2.27. The number of ether oxygens (including phenoxy) is 1. The van der Waals surface area contributed by atoms with Crippen LogP contribution >= 0.6 is 12.2 Å². The molecule has 0 aromatic carbocycles. The molecule has 1 aliphatic rings. The van der Waals surface area contributed by atoms with Gasteiger partial charge in [0.15, 0.2) is 9.84 Å². The Morgan fingerprint density at radius 2 is 2.24 bits per heavy atom. The van der Waals surface area contributed by atoms with E-state index in [-0.39, 0.29) is 11.7 Å². The van der Waals surface area contributed by atoms with Gasteiger partial charge in [0.25, 0.3) is 5.17 Å². The molecule has 0 radical (unpaired) electrons. The van der Waals surface area contributed by atoms with Crippen molar-refractivity contribution in [2.24, 2.45) is 5.92 Å². The lowest BCUT2D eigenvalue weighted by Crippen LogP contribution is -2.30. The summed E-state index contributed by atoms with van der Waals surface area (Å²) in [5.41, 5.74) is 0. The molecule has 0 saturated carbocycles. The molecule has 1 aliphatic heterocycles. The van der Waals surface area contributed by atoms with Crippen molar-refractivity contribution in [3.8, 4) is 0 Å². The molecule has 1 fully saturated rings. The third-order valence-corrected chi connectivity index (χ3v) is 4.94. The molecule has 100 valence electrons. The fourth-order valence-corrected chi connectivity index (χ4v) is 3.86. The normalized spacial score (nSPS) is 22.3. The highest BCUT2D eigenvalue weighted by Crippen LogP contribution is 2.17. The first kappa shape index (κ1) is 14.7. The molecule has 1 heterocycles. The summed E-state index contributed by atoms with van der Waals surface area (Å²) in [6, 6.07) is 0. The third kappa shape index (κ3) is 6.21. The van der Waals surface area contributed by atoms with Gasteiger partial charge >= 0.3 is 0 Å². The minimum absolute atomic E-state index is 0.178. The number of hydrogen-bond acceptors (Lipinski definition) is 4. The zero-order valence-corrected chi connectivity index (χ0v) is 11.9. The van der Waals surface area contributed by atoms with Gasteiger partial charge < -0.3 is 10.1 Å². The molecule has 1 unspecified atom stereocenters. The Bertz CT molecular complexity index is 341. The fraction of sp³-hybridized carbons (Fsp3) is 0.909. The molecule has 0 aromatic heterocycles. The first-order valence-corrected chi connectivity index (χ1v) is 8.37. The van der Waals surface area contributed by atoms with Crippen LogP contribution in [-0.2, 0) is 14.6 Å². The second kappa shape index (κ2) is 7.16. The largest absolute Gasteiger partial charge is 0.471 e. The van der Waals surface area contributed by atoms with Crippen LogP contribution in [0.3, 0.4) is 0 Å². The third-order valence-electron chi connectivity index (χ3n) is 2.84. The summed E-state index contributed by atoms with van der Waals surface area (Å²) >= 11 is 5.01. The highest BCUT2D eigenvalue weighted by molar-refractivity contribution is 7.91. The van der Waals surface area contributed by atoms with Crippen molar-refractivity contribution in [3.63, 3.8) is 0 Å². The second-order valence-corrected chi connectivity index (χ2v) is 7.09. The van der Waals surface area contributed by atoms with E-state index in [4.69, 9.17) is 17.0 Å². The van der Waals surface area contributed by atoms with Gasteiger partial charge in [-0.15, -0.1) is 0 Å². The van der Waals surface area contributed by atoms with E-state index in [0.717, 1.165) is 25.7 Å². The maximum Gasteiger partial charge on any atom is 0.256 e. The number of sulfone groups is 1. The van der Waals surface area contributed by atoms with E-state index >= 15 is 0 Å². The number of hydrogen-bond donors (Lipinski definition) is 1. The van der Waals surface area contributed by atoms with Gasteiger partial charge in [-0.25, -0.2) is 8.42 Å². The van der Waals surface area contributed by atoms with Gasteiger partial charge in [0.2, 0.25) is 0 Å². The molecular weight excluding hydrogens is 258 g/mol. The van der Waals surface area contributed by atoms with E-state index in [0.29, 0.717) is 24.1 Å². The van der Waals surface area contributed by atoms with Gasteiger partial charge in [-0.05, 0) is 31.0 Å². The SMILES string of the molecule is CCCCCOC(=S)NCC1CCS(=O)(=O)C1. The molecule has 17 heavy (non-hydrogen) atoms. The van der Waals surface area contributed by atoms with Crippen molar-refractivity contribution in [2.45, 2.75) is 32.6 Å². The molecule has 4 nitrogen and oxygen atoms in total. The standard InChI is InChI=1S/C11H21NO3S2/c1-2-3-4-6-15-11(16)12-8-10-5-7-17(13,14)9-10/h10H,2-9H2,1H3,(H,12,16). The molecule has 1 atom stereocenters. The summed E-state index contributed by atoms with van der Waals surface area (Å²) in [4.78, 5) is 0. The maximum absolute atomic E-state index is 11.2. The monoisotopic (exact) mass is 279 g/mol. The first-order valence-electron chi connectivity index (χ1n) is 6.14.